The fraction of sp³-hybridized carbons (Fsp3) is 0.304. The molecule has 4 rings (SSSR count). The number of benzene rings is 3. The molecule has 5 nitrogen and oxygen atoms in total. The summed E-state index contributed by atoms with van der Waals surface area (Å²) < 4.78 is 33.8. The Morgan fingerprint density at radius 3 is 2.38 bits per heavy atom. The lowest BCUT2D eigenvalue weighted by molar-refractivity contribution is 0.330. The molecule has 0 amide bonds. The molecule has 0 unspecified atom stereocenters. The van der Waals surface area contributed by atoms with E-state index in [1.54, 1.807) is 19.2 Å². The third-order valence-corrected chi connectivity index (χ3v) is 6.89. The van der Waals surface area contributed by atoms with Gasteiger partial charge in [0.05, 0.1) is 12.0 Å². The second-order valence-corrected chi connectivity index (χ2v) is 9.22. The smallest absolute Gasteiger partial charge is 0.240 e. The summed E-state index contributed by atoms with van der Waals surface area (Å²) >= 11 is 0. The lowest BCUT2D eigenvalue weighted by Crippen LogP contribution is -2.25. The summed E-state index contributed by atoms with van der Waals surface area (Å²) in [5, 5.41) is 1.81. The van der Waals surface area contributed by atoms with E-state index in [-0.39, 0.29) is 11.4 Å². The highest BCUT2D eigenvalue weighted by Crippen LogP contribution is 2.24. The van der Waals surface area contributed by atoms with E-state index in [4.69, 9.17) is 4.74 Å². The molecule has 0 bridgehead atoms. The van der Waals surface area contributed by atoms with E-state index in [0.717, 1.165) is 41.7 Å². The Balaban J connectivity index is 1.51. The van der Waals surface area contributed by atoms with E-state index >= 15 is 0 Å². The molecule has 0 aliphatic carbocycles. The maximum Gasteiger partial charge on any atom is 0.240 e. The van der Waals surface area contributed by atoms with Crippen LogP contribution in [-0.4, -0.2) is 33.5 Å². The summed E-state index contributed by atoms with van der Waals surface area (Å²) in [6.07, 6.45) is 2.48. The van der Waals surface area contributed by atoms with Crippen LogP contribution < -0.4 is 9.46 Å². The zero-order valence-corrected chi connectivity index (χ0v) is 17.4. The molecule has 1 N–H and O–H groups in total. The van der Waals surface area contributed by atoms with Crippen LogP contribution in [0.2, 0.25) is 0 Å². The van der Waals surface area contributed by atoms with Crippen LogP contribution in [0.5, 0.6) is 5.75 Å². The van der Waals surface area contributed by atoms with Gasteiger partial charge >= 0.3 is 0 Å². The number of methoxy groups -OCH3 is 1. The molecule has 1 saturated heterocycles. The van der Waals surface area contributed by atoms with E-state index in [2.05, 4.69) is 15.7 Å². The molecule has 0 atom stereocenters. The van der Waals surface area contributed by atoms with E-state index in [0.29, 0.717) is 0 Å². The molecule has 1 fully saturated rings. The molecule has 29 heavy (non-hydrogen) atoms. The molecule has 0 saturated carbocycles. The van der Waals surface area contributed by atoms with Crippen LogP contribution in [0.4, 0.5) is 0 Å². The Morgan fingerprint density at radius 1 is 0.931 bits per heavy atom. The first-order valence-electron chi connectivity index (χ1n) is 9.92. The molecule has 1 aliphatic heterocycles. The van der Waals surface area contributed by atoms with Gasteiger partial charge in [-0.3, -0.25) is 4.90 Å². The minimum atomic E-state index is -3.60. The van der Waals surface area contributed by atoms with Crippen LogP contribution in [0, 0.1) is 0 Å². The van der Waals surface area contributed by atoms with Gasteiger partial charge in [-0.05, 0) is 72.1 Å². The highest BCUT2D eigenvalue weighted by molar-refractivity contribution is 7.89. The zero-order chi connectivity index (χ0) is 20.3. The molecule has 1 aliphatic rings. The summed E-state index contributed by atoms with van der Waals surface area (Å²) in [7, 11) is -1.99. The van der Waals surface area contributed by atoms with Gasteiger partial charge in [0.1, 0.15) is 5.75 Å². The first-order valence-corrected chi connectivity index (χ1v) is 11.4. The lowest BCUT2D eigenvalue weighted by atomic mass is 10.1. The van der Waals surface area contributed by atoms with Gasteiger partial charge in [0.2, 0.25) is 10.0 Å². The van der Waals surface area contributed by atoms with E-state index < -0.39 is 10.0 Å². The highest BCUT2D eigenvalue weighted by atomic mass is 32.2. The third kappa shape index (κ3) is 4.61. The largest absolute Gasteiger partial charge is 0.497 e. The predicted octanol–water partition coefficient (Wildman–Crippen LogP) is 3.92. The van der Waals surface area contributed by atoms with Crippen molar-refractivity contribution in [3.63, 3.8) is 0 Å². The molecule has 0 aromatic heterocycles. The van der Waals surface area contributed by atoms with Crippen molar-refractivity contribution in [3.8, 4) is 5.75 Å². The molecule has 0 spiro atoms. The van der Waals surface area contributed by atoms with Crippen LogP contribution in [0.15, 0.2) is 65.6 Å². The fourth-order valence-corrected chi connectivity index (χ4v) is 4.86. The van der Waals surface area contributed by atoms with Gasteiger partial charge in [0, 0.05) is 13.1 Å². The molecule has 6 heteroatoms. The minimum Gasteiger partial charge on any atom is -0.497 e. The van der Waals surface area contributed by atoms with Gasteiger partial charge < -0.3 is 4.74 Å². The van der Waals surface area contributed by atoms with Crippen molar-refractivity contribution in [2.45, 2.75) is 30.8 Å². The van der Waals surface area contributed by atoms with Crippen LogP contribution in [-0.2, 0) is 23.1 Å². The number of fused-ring (bicyclic) bond motifs is 1. The zero-order valence-electron chi connectivity index (χ0n) is 16.6. The average Bonchev–Trinajstić information content (AvgIpc) is 3.25. The van der Waals surface area contributed by atoms with E-state index in [9.17, 15) is 8.42 Å². The molecule has 1 heterocycles. The van der Waals surface area contributed by atoms with Crippen LogP contribution in [0.25, 0.3) is 10.8 Å². The van der Waals surface area contributed by atoms with Gasteiger partial charge in [0.15, 0.2) is 0 Å². The molecule has 152 valence electrons. The number of hydrogen-bond acceptors (Lipinski definition) is 4. The van der Waals surface area contributed by atoms with Crippen molar-refractivity contribution in [1.29, 1.82) is 0 Å². The van der Waals surface area contributed by atoms with Crippen molar-refractivity contribution < 1.29 is 13.2 Å². The van der Waals surface area contributed by atoms with Crippen molar-refractivity contribution in [2.24, 2.45) is 0 Å². The first kappa shape index (κ1) is 19.9. The van der Waals surface area contributed by atoms with Crippen LogP contribution in [0.3, 0.4) is 0 Å². The highest BCUT2D eigenvalue weighted by Gasteiger charge is 2.17. The predicted molar refractivity (Wildman–Crippen MR) is 115 cm³/mol. The minimum absolute atomic E-state index is 0.271. The van der Waals surface area contributed by atoms with Gasteiger partial charge in [-0.2, -0.15) is 0 Å². The van der Waals surface area contributed by atoms with E-state index in [1.807, 2.05) is 42.5 Å². The fourth-order valence-electron chi connectivity index (χ4n) is 3.82. The Hall–Kier alpha value is -2.41. The number of rotatable bonds is 7. The average molecular weight is 411 g/mol. The molecule has 0 radical (unpaired) electrons. The summed E-state index contributed by atoms with van der Waals surface area (Å²) in [5.41, 5.74) is 2.20. The standard InChI is InChI=1S/C23H26N2O3S/c1-28-22-10-8-19-15-23(11-9-18(19)14-22)29(26,27)24-16-20-6-2-3-7-21(20)17-25-12-4-5-13-25/h2-3,6-11,14-15,24H,4-5,12-13,16-17H2,1H3. The first-order chi connectivity index (χ1) is 14.0. The number of sulfonamides is 1. The summed E-state index contributed by atoms with van der Waals surface area (Å²) in [6, 6.07) is 18.8. The SMILES string of the molecule is COc1ccc2cc(S(=O)(=O)NCc3ccccc3CN3CCCC3)ccc2c1. The maximum atomic E-state index is 12.9. The van der Waals surface area contributed by atoms with Crippen LogP contribution >= 0.6 is 0 Å². The monoisotopic (exact) mass is 410 g/mol. The van der Waals surface area contributed by atoms with Gasteiger partial charge in [-0.25, -0.2) is 13.1 Å². The molecular weight excluding hydrogens is 384 g/mol. The number of ether oxygens (including phenoxy) is 1. The normalized spacial score (nSPS) is 15.1. The summed E-state index contributed by atoms with van der Waals surface area (Å²) in [6.45, 7) is 3.38. The van der Waals surface area contributed by atoms with Gasteiger partial charge in [0.25, 0.3) is 0 Å². The van der Waals surface area contributed by atoms with Gasteiger partial charge in [-0.1, -0.05) is 36.4 Å². The summed E-state index contributed by atoms with van der Waals surface area (Å²) in [5.74, 6) is 0.751. The Kier molecular flexibility index (Phi) is 5.85. The molecular formula is C23H26N2O3S. The number of hydrogen-bond donors (Lipinski definition) is 1. The third-order valence-electron chi connectivity index (χ3n) is 5.49. The number of likely N-dealkylation sites (tertiary alicyclic amines) is 1. The Labute approximate surface area is 172 Å². The van der Waals surface area contributed by atoms with Crippen LogP contribution in [0.1, 0.15) is 24.0 Å². The lowest BCUT2D eigenvalue weighted by Gasteiger charge is -2.18. The molecule has 3 aromatic rings. The van der Waals surface area contributed by atoms with Crippen molar-refractivity contribution >= 4 is 20.8 Å². The van der Waals surface area contributed by atoms with Crippen molar-refractivity contribution in [3.05, 3.63) is 71.8 Å². The molecule has 3 aromatic carbocycles. The number of nitrogens with zero attached hydrogens (tertiary/aromatic N) is 1. The summed E-state index contributed by atoms with van der Waals surface area (Å²) in [4.78, 5) is 2.69. The second kappa shape index (κ2) is 8.53. The number of nitrogens with one attached hydrogen (secondary N) is 1. The maximum absolute atomic E-state index is 12.9. The van der Waals surface area contributed by atoms with E-state index in [1.165, 1.54) is 18.4 Å². The van der Waals surface area contributed by atoms with Crippen molar-refractivity contribution in [1.82, 2.24) is 9.62 Å². The second-order valence-electron chi connectivity index (χ2n) is 7.45. The Morgan fingerprint density at radius 2 is 1.62 bits per heavy atom. The topological polar surface area (TPSA) is 58.6 Å². The van der Waals surface area contributed by atoms with Gasteiger partial charge in [-0.15, -0.1) is 0 Å². The Bertz CT molecular complexity index is 1110. The van der Waals surface area contributed by atoms with Crippen molar-refractivity contribution in [2.75, 3.05) is 20.2 Å². The quantitative estimate of drug-likeness (QED) is 0.641.